The number of ether oxygens (including phenoxy) is 4. The number of allylic oxidation sites excluding steroid dienone is 1. The fourth-order valence-corrected chi connectivity index (χ4v) is 2.51. The van der Waals surface area contributed by atoms with Crippen LogP contribution < -0.4 is 24.3 Å². The molecule has 0 aliphatic rings. The number of anilines is 1. The zero-order chi connectivity index (χ0) is 19.1. The lowest BCUT2D eigenvalue weighted by molar-refractivity contribution is 0.104. The molecule has 0 saturated heterocycles. The van der Waals surface area contributed by atoms with E-state index in [1.165, 1.54) is 40.7 Å². The van der Waals surface area contributed by atoms with Crippen molar-refractivity contribution in [2.24, 2.45) is 0 Å². The van der Waals surface area contributed by atoms with E-state index in [4.69, 9.17) is 30.5 Å². The molecule has 0 aliphatic carbocycles. The summed E-state index contributed by atoms with van der Waals surface area (Å²) in [6.45, 7) is 0. The van der Waals surface area contributed by atoms with E-state index in [0.29, 0.717) is 39.3 Å². The van der Waals surface area contributed by atoms with Gasteiger partial charge in [-0.15, -0.1) is 0 Å². The van der Waals surface area contributed by atoms with Gasteiger partial charge in [-0.3, -0.25) is 4.79 Å². The lowest BCUT2D eigenvalue weighted by Crippen LogP contribution is -1.99. The molecule has 0 saturated carbocycles. The number of methoxy groups -OCH3 is 4. The van der Waals surface area contributed by atoms with Crippen molar-refractivity contribution in [3.8, 4) is 23.0 Å². The van der Waals surface area contributed by atoms with E-state index in [2.05, 4.69) is 5.32 Å². The predicted octanol–water partition coefficient (Wildman–Crippen LogP) is 4.18. The first-order valence-electron chi connectivity index (χ1n) is 7.65. The van der Waals surface area contributed by atoms with Crippen molar-refractivity contribution in [3.63, 3.8) is 0 Å². The van der Waals surface area contributed by atoms with E-state index >= 15 is 0 Å². The SMILES string of the molecule is COc1cc(OC)c(NC=CC(=O)c2ccc(OC)c(OC)c2)cc1Cl. The highest BCUT2D eigenvalue weighted by atomic mass is 35.5. The lowest BCUT2D eigenvalue weighted by Gasteiger charge is -2.11. The molecule has 26 heavy (non-hydrogen) atoms. The number of rotatable bonds is 8. The number of benzene rings is 2. The Kier molecular flexibility index (Phi) is 6.74. The molecule has 2 aromatic rings. The van der Waals surface area contributed by atoms with Gasteiger partial charge in [0.05, 0.1) is 39.1 Å². The quantitative estimate of drug-likeness (QED) is 0.550. The largest absolute Gasteiger partial charge is 0.495 e. The van der Waals surface area contributed by atoms with Crippen LogP contribution >= 0.6 is 11.6 Å². The van der Waals surface area contributed by atoms with Crippen molar-refractivity contribution in [1.82, 2.24) is 0 Å². The van der Waals surface area contributed by atoms with Gasteiger partial charge in [-0.1, -0.05) is 11.6 Å². The normalized spacial score (nSPS) is 10.5. The summed E-state index contributed by atoms with van der Waals surface area (Å²) in [6, 6.07) is 8.29. The molecule has 7 heteroatoms. The van der Waals surface area contributed by atoms with E-state index in [9.17, 15) is 4.79 Å². The van der Waals surface area contributed by atoms with E-state index in [-0.39, 0.29) is 5.78 Å². The van der Waals surface area contributed by atoms with E-state index in [1.807, 2.05) is 0 Å². The predicted molar refractivity (Wildman–Crippen MR) is 101 cm³/mol. The van der Waals surface area contributed by atoms with Crippen LogP contribution in [0.4, 0.5) is 5.69 Å². The fraction of sp³-hybridized carbons (Fsp3) is 0.211. The molecule has 138 valence electrons. The maximum atomic E-state index is 12.3. The molecule has 0 fully saturated rings. The van der Waals surface area contributed by atoms with Crippen LogP contribution in [-0.4, -0.2) is 34.2 Å². The van der Waals surface area contributed by atoms with Gasteiger partial charge in [0.2, 0.25) is 0 Å². The Hall–Kier alpha value is -2.86. The first kappa shape index (κ1) is 19.5. The first-order valence-corrected chi connectivity index (χ1v) is 8.02. The van der Waals surface area contributed by atoms with Gasteiger partial charge in [-0.25, -0.2) is 0 Å². The molecular formula is C19H20ClNO5. The summed E-state index contributed by atoms with van der Waals surface area (Å²) in [5, 5.41) is 3.41. The molecular weight excluding hydrogens is 358 g/mol. The van der Waals surface area contributed by atoms with E-state index in [0.717, 1.165) is 0 Å². The zero-order valence-corrected chi connectivity index (χ0v) is 15.7. The minimum atomic E-state index is -0.197. The number of halogens is 1. The fourth-order valence-electron chi connectivity index (χ4n) is 2.27. The number of carbonyl (C=O) groups excluding carboxylic acids is 1. The second-order valence-corrected chi connectivity index (χ2v) is 5.51. The van der Waals surface area contributed by atoms with Gasteiger partial charge in [0.25, 0.3) is 0 Å². The number of hydrogen-bond acceptors (Lipinski definition) is 6. The Morgan fingerprint density at radius 2 is 1.54 bits per heavy atom. The van der Waals surface area contributed by atoms with Crippen LogP contribution in [-0.2, 0) is 0 Å². The number of carbonyl (C=O) groups is 1. The summed E-state index contributed by atoms with van der Waals surface area (Å²) >= 11 is 6.12. The third kappa shape index (κ3) is 4.40. The highest BCUT2D eigenvalue weighted by Gasteiger charge is 2.10. The highest BCUT2D eigenvalue weighted by molar-refractivity contribution is 6.32. The molecule has 0 spiro atoms. The van der Waals surface area contributed by atoms with Gasteiger partial charge in [0.15, 0.2) is 17.3 Å². The molecule has 2 aromatic carbocycles. The number of nitrogens with one attached hydrogen (secondary N) is 1. The first-order chi connectivity index (χ1) is 12.5. The summed E-state index contributed by atoms with van der Waals surface area (Å²) in [7, 11) is 6.11. The van der Waals surface area contributed by atoms with E-state index in [1.54, 1.807) is 30.3 Å². The average Bonchev–Trinajstić information content (AvgIpc) is 2.67. The van der Waals surface area contributed by atoms with Crippen molar-refractivity contribution >= 4 is 23.1 Å². The Labute approximate surface area is 157 Å². The minimum absolute atomic E-state index is 0.197. The molecule has 0 amide bonds. The molecule has 0 unspecified atom stereocenters. The summed E-state index contributed by atoms with van der Waals surface area (Å²) in [4.78, 5) is 12.3. The number of ketones is 1. The van der Waals surface area contributed by atoms with Gasteiger partial charge in [-0.2, -0.15) is 0 Å². The molecule has 0 atom stereocenters. The van der Waals surface area contributed by atoms with Gasteiger partial charge < -0.3 is 24.3 Å². The summed E-state index contributed by atoms with van der Waals surface area (Å²) in [5.74, 6) is 1.89. The Bertz CT molecular complexity index is 820. The van der Waals surface area contributed by atoms with Crippen molar-refractivity contribution in [3.05, 3.63) is 53.2 Å². The topological polar surface area (TPSA) is 66.0 Å². The van der Waals surface area contributed by atoms with Gasteiger partial charge >= 0.3 is 0 Å². The standard InChI is InChI=1S/C19H20ClNO5/c1-23-16-6-5-12(9-19(16)26-4)15(22)7-8-21-14-10-13(20)17(24-2)11-18(14)25-3/h5-11,21H,1-4H3. The van der Waals surface area contributed by atoms with Crippen LogP contribution in [0.1, 0.15) is 10.4 Å². The van der Waals surface area contributed by atoms with Crippen LogP contribution in [0.25, 0.3) is 0 Å². The molecule has 1 N–H and O–H groups in total. The lowest BCUT2D eigenvalue weighted by atomic mass is 10.1. The molecule has 2 rings (SSSR count). The second kappa shape index (κ2) is 9.01. The third-order valence-electron chi connectivity index (χ3n) is 3.62. The monoisotopic (exact) mass is 377 g/mol. The Balaban J connectivity index is 2.16. The third-order valence-corrected chi connectivity index (χ3v) is 3.91. The highest BCUT2D eigenvalue weighted by Crippen LogP contribution is 2.35. The molecule has 0 radical (unpaired) electrons. The maximum Gasteiger partial charge on any atom is 0.187 e. The van der Waals surface area contributed by atoms with Crippen molar-refractivity contribution in [2.45, 2.75) is 0 Å². The summed E-state index contributed by atoms with van der Waals surface area (Å²) in [5.41, 5.74) is 1.08. The summed E-state index contributed by atoms with van der Waals surface area (Å²) < 4.78 is 20.8. The molecule has 6 nitrogen and oxygen atoms in total. The van der Waals surface area contributed by atoms with Gasteiger partial charge in [0, 0.05) is 23.9 Å². The Morgan fingerprint density at radius 3 is 2.15 bits per heavy atom. The molecule has 0 bridgehead atoms. The van der Waals surface area contributed by atoms with Crippen molar-refractivity contribution in [2.75, 3.05) is 33.8 Å². The van der Waals surface area contributed by atoms with Gasteiger partial charge in [-0.05, 0) is 24.3 Å². The van der Waals surface area contributed by atoms with Crippen molar-refractivity contribution < 1.29 is 23.7 Å². The van der Waals surface area contributed by atoms with Gasteiger partial charge in [0.1, 0.15) is 11.5 Å². The zero-order valence-electron chi connectivity index (χ0n) is 15.0. The van der Waals surface area contributed by atoms with Crippen LogP contribution in [0.15, 0.2) is 42.6 Å². The second-order valence-electron chi connectivity index (χ2n) is 5.10. The smallest absolute Gasteiger partial charge is 0.187 e. The van der Waals surface area contributed by atoms with Crippen molar-refractivity contribution in [1.29, 1.82) is 0 Å². The minimum Gasteiger partial charge on any atom is -0.495 e. The number of hydrogen-bond donors (Lipinski definition) is 1. The molecule has 0 aliphatic heterocycles. The van der Waals surface area contributed by atoms with Crippen LogP contribution in [0, 0.1) is 0 Å². The van der Waals surface area contributed by atoms with Crippen LogP contribution in [0.2, 0.25) is 5.02 Å². The summed E-state index contributed by atoms with van der Waals surface area (Å²) in [6.07, 6.45) is 2.92. The van der Waals surface area contributed by atoms with Crippen LogP contribution in [0.3, 0.4) is 0 Å². The van der Waals surface area contributed by atoms with E-state index < -0.39 is 0 Å². The maximum absolute atomic E-state index is 12.3. The molecule has 0 heterocycles. The van der Waals surface area contributed by atoms with Crippen LogP contribution in [0.5, 0.6) is 23.0 Å². The molecule has 0 aromatic heterocycles. The average molecular weight is 378 g/mol. The Morgan fingerprint density at radius 1 is 0.885 bits per heavy atom.